The molecule has 6 nitrogen and oxygen atoms in total. The normalized spacial score (nSPS) is 17.8. The number of nitro groups is 1. The fourth-order valence-electron chi connectivity index (χ4n) is 2.12. The number of nitrogens with one attached hydrogen (secondary N) is 2. The van der Waals surface area contributed by atoms with E-state index in [9.17, 15) is 14.9 Å². The van der Waals surface area contributed by atoms with Crippen molar-refractivity contribution >= 4 is 29.0 Å². The Morgan fingerprint density at radius 2 is 2.35 bits per heavy atom. The molecule has 7 heteroatoms. The highest BCUT2D eigenvalue weighted by atomic mass is 32.2. The Morgan fingerprint density at radius 3 is 2.95 bits per heavy atom. The lowest BCUT2D eigenvalue weighted by Gasteiger charge is -2.11. The highest BCUT2D eigenvalue weighted by Gasteiger charge is 2.18. The van der Waals surface area contributed by atoms with Gasteiger partial charge in [-0.15, -0.1) is 0 Å². The minimum Gasteiger partial charge on any atom is -0.383 e. The van der Waals surface area contributed by atoms with E-state index in [1.165, 1.54) is 18.2 Å². The molecule has 2 rings (SSSR count). The van der Waals surface area contributed by atoms with Gasteiger partial charge in [0.25, 0.3) is 11.6 Å². The molecule has 1 atom stereocenters. The SMILES string of the molecule is CNc1cc(C(=O)NCC2CCSC2)ccc1[N+](=O)[O-]. The summed E-state index contributed by atoms with van der Waals surface area (Å²) >= 11 is 1.90. The summed E-state index contributed by atoms with van der Waals surface area (Å²) in [4.78, 5) is 22.4. The molecule has 0 spiro atoms. The molecule has 1 amide bonds. The van der Waals surface area contributed by atoms with Crippen LogP contribution in [0.3, 0.4) is 0 Å². The minimum absolute atomic E-state index is 0.0313. The monoisotopic (exact) mass is 295 g/mol. The fraction of sp³-hybridized carbons (Fsp3) is 0.462. The minimum atomic E-state index is -0.469. The quantitative estimate of drug-likeness (QED) is 0.642. The van der Waals surface area contributed by atoms with E-state index in [1.54, 1.807) is 7.05 Å². The number of nitrogens with zero attached hydrogens (tertiary/aromatic N) is 1. The molecule has 1 saturated heterocycles. The van der Waals surface area contributed by atoms with Gasteiger partial charge in [-0.3, -0.25) is 14.9 Å². The van der Waals surface area contributed by atoms with Gasteiger partial charge in [-0.1, -0.05) is 0 Å². The van der Waals surface area contributed by atoms with Crippen molar-refractivity contribution in [2.75, 3.05) is 30.4 Å². The average molecular weight is 295 g/mol. The predicted octanol–water partition coefficient (Wildman–Crippen LogP) is 2.12. The molecule has 0 aromatic heterocycles. The standard InChI is InChI=1S/C13H17N3O3S/c1-14-11-6-10(2-3-12(11)16(18)19)13(17)15-7-9-4-5-20-8-9/h2-3,6,9,14H,4-5,7-8H2,1H3,(H,15,17). The van der Waals surface area contributed by atoms with Crippen LogP contribution in [-0.2, 0) is 0 Å². The maximum Gasteiger partial charge on any atom is 0.292 e. The first-order valence-electron chi connectivity index (χ1n) is 6.44. The lowest BCUT2D eigenvalue weighted by atomic mass is 10.1. The van der Waals surface area contributed by atoms with Crippen LogP contribution in [-0.4, -0.2) is 35.9 Å². The smallest absolute Gasteiger partial charge is 0.292 e. The van der Waals surface area contributed by atoms with Crippen LogP contribution in [0.15, 0.2) is 18.2 Å². The molecule has 0 bridgehead atoms. The van der Waals surface area contributed by atoms with Crippen LogP contribution in [0.25, 0.3) is 0 Å². The number of carbonyl (C=O) groups is 1. The third-order valence-electron chi connectivity index (χ3n) is 3.30. The third-order valence-corrected chi connectivity index (χ3v) is 4.53. The molecular formula is C13H17N3O3S. The Labute approximate surface area is 121 Å². The van der Waals surface area contributed by atoms with Crippen molar-refractivity contribution in [1.82, 2.24) is 5.32 Å². The molecule has 2 N–H and O–H groups in total. The molecule has 1 unspecified atom stereocenters. The fourth-order valence-corrected chi connectivity index (χ4v) is 3.40. The van der Waals surface area contributed by atoms with Crippen molar-refractivity contribution in [2.24, 2.45) is 5.92 Å². The number of carbonyl (C=O) groups excluding carboxylic acids is 1. The van der Waals surface area contributed by atoms with Crippen LogP contribution in [0, 0.1) is 16.0 Å². The summed E-state index contributed by atoms with van der Waals surface area (Å²) in [5, 5.41) is 16.5. The number of hydrogen-bond donors (Lipinski definition) is 2. The van der Waals surface area contributed by atoms with Crippen molar-refractivity contribution in [1.29, 1.82) is 0 Å². The third kappa shape index (κ3) is 3.41. The molecule has 1 heterocycles. The van der Waals surface area contributed by atoms with Crippen molar-refractivity contribution in [2.45, 2.75) is 6.42 Å². The van der Waals surface area contributed by atoms with E-state index in [0.29, 0.717) is 23.7 Å². The summed E-state index contributed by atoms with van der Waals surface area (Å²) in [5.74, 6) is 2.59. The van der Waals surface area contributed by atoms with E-state index in [4.69, 9.17) is 0 Å². The first-order chi connectivity index (χ1) is 9.61. The predicted molar refractivity (Wildman–Crippen MR) is 80.4 cm³/mol. The Kier molecular flexibility index (Phi) is 4.84. The molecule has 1 aliphatic heterocycles. The number of benzene rings is 1. The van der Waals surface area contributed by atoms with E-state index in [-0.39, 0.29) is 11.6 Å². The van der Waals surface area contributed by atoms with Crippen LogP contribution >= 0.6 is 11.8 Å². The summed E-state index contributed by atoms with van der Waals surface area (Å²) in [6.45, 7) is 0.664. The maximum atomic E-state index is 12.0. The molecule has 108 valence electrons. The molecule has 1 aliphatic rings. The van der Waals surface area contributed by atoms with Gasteiger partial charge in [-0.2, -0.15) is 11.8 Å². The zero-order valence-electron chi connectivity index (χ0n) is 11.2. The summed E-state index contributed by atoms with van der Waals surface area (Å²) in [6.07, 6.45) is 1.13. The summed E-state index contributed by atoms with van der Waals surface area (Å²) in [5.41, 5.74) is 0.751. The first kappa shape index (κ1) is 14.6. The van der Waals surface area contributed by atoms with Crippen molar-refractivity contribution in [3.63, 3.8) is 0 Å². The second-order valence-electron chi connectivity index (χ2n) is 4.68. The van der Waals surface area contributed by atoms with Gasteiger partial charge in [0.2, 0.25) is 0 Å². The number of anilines is 1. The van der Waals surface area contributed by atoms with Gasteiger partial charge in [0, 0.05) is 25.2 Å². The number of rotatable bonds is 5. The van der Waals surface area contributed by atoms with Crippen molar-refractivity contribution in [3.05, 3.63) is 33.9 Å². The number of thioether (sulfide) groups is 1. The van der Waals surface area contributed by atoms with Crippen LogP contribution in [0.4, 0.5) is 11.4 Å². The van der Waals surface area contributed by atoms with Crippen molar-refractivity contribution in [3.8, 4) is 0 Å². The number of nitro benzene ring substituents is 1. The zero-order chi connectivity index (χ0) is 14.5. The summed E-state index contributed by atoms with van der Waals surface area (Å²) in [6, 6.07) is 4.35. The molecule has 0 radical (unpaired) electrons. The molecule has 0 aliphatic carbocycles. The second kappa shape index (κ2) is 6.60. The van der Waals surface area contributed by atoms with Gasteiger partial charge in [0.05, 0.1) is 4.92 Å². The Hall–Kier alpha value is -1.76. The average Bonchev–Trinajstić information content (AvgIpc) is 2.97. The number of amides is 1. The molecule has 1 fully saturated rings. The largest absolute Gasteiger partial charge is 0.383 e. The van der Waals surface area contributed by atoms with Crippen LogP contribution < -0.4 is 10.6 Å². The maximum absolute atomic E-state index is 12.0. The zero-order valence-corrected chi connectivity index (χ0v) is 12.0. The van der Waals surface area contributed by atoms with E-state index in [0.717, 1.165) is 17.9 Å². The Bertz CT molecular complexity index is 516. The highest BCUT2D eigenvalue weighted by Crippen LogP contribution is 2.25. The molecule has 20 heavy (non-hydrogen) atoms. The molecule has 0 saturated carbocycles. The molecule has 1 aromatic carbocycles. The topological polar surface area (TPSA) is 84.3 Å². The van der Waals surface area contributed by atoms with Gasteiger partial charge >= 0.3 is 0 Å². The van der Waals surface area contributed by atoms with Crippen LogP contribution in [0.5, 0.6) is 0 Å². The summed E-state index contributed by atoms with van der Waals surface area (Å²) < 4.78 is 0. The van der Waals surface area contributed by atoms with E-state index < -0.39 is 4.92 Å². The van der Waals surface area contributed by atoms with Crippen molar-refractivity contribution < 1.29 is 9.72 Å². The van der Waals surface area contributed by atoms with E-state index in [1.807, 2.05) is 11.8 Å². The van der Waals surface area contributed by atoms with Crippen LogP contribution in [0.2, 0.25) is 0 Å². The van der Waals surface area contributed by atoms with Crippen LogP contribution in [0.1, 0.15) is 16.8 Å². The summed E-state index contributed by atoms with van der Waals surface area (Å²) in [7, 11) is 1.60. The lowest BCUT2D eigenvalue weighted by molar-refractivity contribution is -0.383. The van der Waals surface area contributed by atoms with E-state index >= 15 is 0 Å². The first-order valence-corrected chi connectivity index (χ1v) is 7.59. The van der Waals surface area contributed by atoms with Gasteiger partial charge in [-0.25, -0.2) is 0 Å². The number of hydrogen-bond acceptors (Lipinski definition) is 5. The highest BCUT2D eigenvalue weighted by molar-refractivity contribution is 7.99. The lowest BCUT2D eigenvalue weighted by Crippen LogP contribution is -2.29. The Balaban J connectivity index is 2.03. The van der Waals surface area contributed by atoms with Gasteiger partial charge in [0.15, 0.2) is 0 Å². The molecule has 1 aromatic rings. The van der Waals surface area contributed by atoms with Gasteiger partial charge in [-0.05, 0) is 36.0 Å². The van der Waals surface area contributed by atoms with Gasteiger partial charge in [0.1, 0.15) is 5.69 Å². The Morgan fingerprint density at radius 1 is 1.55 bits per heavy atom. The second-order valence-corrected chi connectivity index (χ2v) is 5.83. The van der Waals surface area contributed by atoms with E-state index in [2.05, 4.69) is 10.6 Å². The van der Waals surface area contributed by atoms with Gasteiger partial charge < -0.3 is 10.6 Å². The molecular weight excluding hydrogens is 278 g/mol.